The molecule has 0 saturated carbocycles. The number of rotatable bonds is 1. The van der Waals surface area contributed by atoms with Crippen molar-refractivity contribution in [1.29, 1.82) is 0 Å². The zero-order chi connectivity index (χ0) is 26.2. The molecule has 8 nitrogen and oxygen atoms in total. The maximum absolute atomic E-state index is 13.4. The number of fused-ring (bicyclic) bond motifs is 4. The molecule has 1 aliphatic heterocycles. The molecule has 3 amide bonds. The molecule has 2 aromatic carbocycles. The number of aromatic hydroxyl groups is 1. The van der Waals surface area contributed by atoms with Crippen LogP contribution < -0.4 is 0 Å². The lowest BCUT2D eigenvalue weighted by atomic mass is 9.59. The molecule has 0 bridgehead atoms. The van der Waals surface area contributed by atoms with Gasteiger partial charge >= 0.3 is 6.09 Å². The Morgan fingerprint density at radius 3 is 2.57 bits per heavy atom. The van der Waals surface area contributed by atoms with Gasteiger partial charge in [-0.05, 0) is 51.5 Å². The van der Waals surface area contributed by atoms with Crippen molar-refractivity contribution in [2.75, 3.05) is 7.11 Å². The Morgan fingerprint density at radius 2 is 1.81 bits per heavy atom. The lowest BCUT2D eigenvalue weighted by molar-refractivity contribution is -0.137. The molecule has 1 heterocycles. The number of phenolic OH excluding ortho intramolecular Hbond substituents is 1. The SMILES string of the molecule is COC(=O)N1C(=O)C2CC=C3C(c4c(O)ccc5ccccc45)C4=C(CC3C2C1=O)C(=O)C(Br)=CC4=O. The number of benzene rings is 2. The molecule has 1 N–H and O–H groups in total. The van der Waals surface area contributed by atoms with E-state index in [4.69, 9.17) is 0 Å². The van der Waals surface area contributed by atoms with Crippen molar-refractivity contribution in [3.05, 3.63) is 75.3 Å². The van der Waals surface area contributed by atoms with Gasteiger partial charge in [-0.25, -0.2) is 4.79 Å². The lowest BCUT2D eigenvalue weighted by Gasteiger charge is -2.42. The molecule has 4 aliphatic rings. The third kappa shape index (κ3) is 3.23. The molecule has 1 fully saturated rings. The zero-order valence-electron chi connectivity index (χ0n) is 19.6. The smallest absolute Gasteiger partial charge is 0.423 e. The van der Waals surface area contributed by atoms with E-state index in [1.165, 1.54) is 6.08 Å². The number of ketones is 2. The molecule has 37 heavy (non-hydrogen) atoms. The lowest BCUT2D eigenvalue weighted by Crippen LogP contribution is -2.40. The Bertz CT molecular complexity index is 1570. The van der Waals surface area contributed by atoms with Crippen LogP contribution in [0.15, 0.2) is 69.8 Å². The number of methoxy groups -OCH3 is 1. The predicted molar refractivity (Wildman–Crippen MR) is 134 cm³/mol. The zero-order valence-corrected chi connectivity index (χ0v) is 21.2. The van der Waals surface area contributed by atoms with Gasteiger partial charge in [0.2, 0.25) is 11.8 Å². The minimum atomic E-state index is -1.04. The molecule has 4 atom stereocenters. The summed E-state index contributed by atoms with van der Waals surface area (Å²) in [7, 11) is 1.10. The number of ether oxygens (including phenoxy) is 1. The Morgan fingerprint density at radius 1 is 1.05 bits per heavy atom. The molecule has 3 aliphatic carbocycles. The average Bonchev–Trinajstić information content (AvgIpc) is 3.15. The average molecular weight is 562 g/mol. The van der Waals surface area contributed by atoms with Gasteiger partial charge < -0.3 is 9.84 Å². The van der Waals surface area contributed by atoms with Gasteiger partial charge in [-0.3, -0.25) is 19.2 Å². The monoisotopic (exact) mass is 561 g/mol. The molecule has 0 aromatic heterocycles. The first-order valence-electron chi connectivity index (χ1n) is 11.8. The van der Waals surface area contributed by atoms with Crippen LogP contribution in [0.2, 0.25) is 0 Å². The Hall–Kier alpha value is -3.85. The molecule has 2 aromatic rings. The highest BCUT2D eigenvalue weighted by atomic mass is 79.9. The largest absolute Gasteiger partial charge is 0.508 e. The summed E-state index contributed by atoms with van der Waals surface area (Å²) in [6.07, 6.45) is 2.27. The van der Waals surface area contributed by atoms with Gasteiger partial charge in [0.25, 0.3) is 0 Å². The van der Waals surface area contributed by atoms with Crippen LogP contribution in [0.5, 0.6) is 5.75 Å². The van der Waals surface area contributed by atoms with Gasteiger partial charge in [0.15, 0.2) is 11.6 Å². The third-order valence-electron chi connectivity index (χ3n) is 7.92. The highest BCUT2D eigenvalue weighted by Gasteiger charge is 2.58. The van der Waals surface area contributed by atoms with Crippen molar-refractivity contribution in [3.8, 4) is 5.75 Å². The normalized spacial score (nSPS) is 27.0. The standard InChI is InChI=1S/C28H20BrNO7/c1-37-28(36)30-26(34)15-8-7-14-16(21(15)27(30)35)10-17-23(20(32)11-18(29)25(17)33)24(14)22-13-5-3-2-4-12(13)6-9-19(22)31/h2-7,9,11,15-16,21,24,31H,8,10H2,1H3. The van der Waals surface area contributed by atoms with Crippen LogP contribution >= 0.6 is 15.9 Å². The summed E-state index contributed by atoms with van der Waals surface area (Å²) in [4.78, 5) is 66.0. The number of nitrogens with zero attached hydrogens (tertiary/aromatic N) is 1. The minimum absolute atomic E-state index is 0.0434. The van der Waals surface area contributed by atoms with E-state index in [1.54, 1.807) is 12.1 Å². The molecule has 4 unspecified atom stereocenters. The fourth-order valence-corrected chi connectivity index (χ4v) is 6.84. The molecule has 0 radical (unpaired) electrons. The van der Waals surface area contributed by atoms with E-state index in [9.17, 15) is 29.1 Å². The number of amides is 3. The van der Waals surface area contributed by atoms with Crippen LogP contribution in [0.1, 0.15) is 24.3 Å². The number of hydrogen-bond acceptors (Lipinski definition) is 7. The molecule has 186 valence electrons. The van der Waals surface area contributed by atoms with E-state index in [-0.39, 0.29) is 45.8 Å². The van der Waals surface area contributed by atoms with Crippen LogP contribution in [0, 0.1) is 17.8 Å². The van der Waals surface area contributed by atoms with E-state index in [2.05, 4.69) is 20.7 Å². The van der Waals surface area contributed by atoms with Crippen LogP contribution in [-0.2, 0) is 23.9 Å². The van der Waals surface area contributed by atoms with Crippen molar-refractivity contribution < 1.29 is 33.8 Å². The summed E-state index contributed by atoms with van der Waals surface area (Å²) < 4.78 is 4.79. The van der Waals surface area contributed by atoms with Crippen LogP contribution in [0.4, 0.5) is 4.79 Å². The van der Waals surface area contributed by atoms with Gasteiger partial charge in [-0.15, -0.1) is 0 Å². The molecule has 6 rings (SSSR count). The Balaban J connectivity index is 1.60. The van der Waals surface area contributed by atoms with Gasteiger partial charge in [0, 0.05) is 28.7 Å². The molecule has 9 heteroatoms. The van der Waals surface area contributed by atoms with Crippen molar-refractivity contribution >= 4 is 56.2 Å². The van der Waals surface area contributed by atoms with Crippen molar-refractivity contribution in [3.63, 3.8) is 0 Å². The number of likely N-dealkylation sites (tertiary alicyclic amines) is 1. The summed E-state index contributed by atoms with van der Waals surface area (Å²) in [6.45, 7) is 0. The quantitative estimate of drug-likeness (QED) is 0.316. The van der Waals surface area contributed by atoms with E-state index in [0.717, 1.165) is 12.5 Å². The summed E-state index contributed by atoms with van der Waals surface area (Å²) >= 11 is 3.19. The van der Waals surface area contributed by atoms with Gasteiger partial charge in [0.1, 0.15) is 5.75 Å². The van der Waals surface area contributed by atoms with Crippen LogP contribution in [0.25, 0.3) is 10.8 Å². The van der Waals surface area contributed by atoms with Crippen molar-refractivity contribution in [2.45, 2.75) is 18.8 Å². The Labute approximate surface area is 219 Å². The summed E-state index contributed by atoms with van der Waals surface area (Å²) in [5.41, 5.74) is 1.67. The minimum Gasteiger partial charge on any atom is -0.508 e. The first-order valence-corrected chi connectivity index (χ1v) is 12.6. The van der Waals surface area contributed by atoms with Crippen LogP contribution in [-0.4, -0.2) is 46.6 Å². The number of allylic oxidation sites excluding steroid dienone is 6. The van der Waals surface area contributed by atoms with Crippen molar-refractivity contribution in [2.24, 2.45) is 17.8 Å². The summed E-state index contributed by atoms with van der Waals surface area (Å²) in [5, 5.41) is 12.7. The predicted octanol–water partition coefficient (Wildman–Crippen LogP) is 4.07. The Kier molecular flexibility index (Phi) is 5.31. The number of carbonyl (C=O) groups is 5. The van der Waals surface area contributed by atoms with Gasteiger partial charge in [-0.2, -0.15) is 4.90 Å². The summed E-state index contributed by atoms with van der Waals surface area (Å²) in [5.74, 6) is -5.18. The highest BCUT2D eigenvalue weighted by molar-refractivity contribution is 9.12. The fourth-order valence-electron chi connectivity index (χ4n) is 6.40. The van der Waals surface area contributed by atoms with E-state index < -0.39 is 41.6 Å². The van der Waals surface area contributed by atoms with Crippen LogP contribution in [0.3, 0.4) is 0 Å². The maximum atomic E-state index is 13.4. The fraction of sp³-hybridized carbons (Fsp3) is 0.250. The highest BCUT2D eigenvalue weighted by Crippen LogP contribution is 2.57. The number of Topliss-reactive ketones (excluding diaryl/α,β-unsaturated/α-hetero) is 1. The van der Waals surface area contributed by atoms with E-state index >= 15 is 0 Å². The third-order valence-corrected chi connectivity index (χ3v) is 8.51. The second kappa shape index (κ2) is 8.34. The number of hydrogen-bond donors (Lipinski definition) is 1. The maximum Gasteiger partial charge on any atom is 0.423 e. The molecular weight excluding hydrogens is 542 g/mol. The van der Waals surface area contributed by atoms with Gasteiger partial charge in [0.05, 0.1) is 23.4 Å². The second-order valence-electron chi connectivity index (χ2n) is 9.60. The number of halogens is 1. The van der Waals surface area contributed by atoms with E-state index in [0.29, 0.717) is 21.4 Å². The molecular formula is C28H20BrNO7. The number of carbonyl (C=O) groups excluding carboxylic acids is 5. The molecule has 0 spiro atoms. The first kappa shape index (κ1) is 23.5. The first-order chi connectivity index (χ1) is 17.7. The summed E-state index contributed by atoms with van der Waals surface area (Å²) in [6, 6.07) is 10.7. The topological polar surface area (TPSA) is 118 Å². The van der Waals surface area contributed by atoms with E-state index in [1.807, 2.05) is 30.3 Å². The van der Waals surface area contributed by atoms with Gasteiger partial charge in [-0.1, -0.05) is 42.0 Å². The number of phenols is 1. The second-order valence-corrected chi connectivity index (χ2v) is 10.4. The number of imide groups is 3. The van der Waals surface area contributed by atoms with Crippen molar-refractivity contribution in [1.82, 2.24) is 4.90 Å². The molecule has 1 saturated heterocycles.